The summed E-state index contributed by atoms with van der Waals surface area (Å²) >= 11 is 0. The van der Waals surface area contributed by atoms with Gasteiger partial charge < -0.3 is 21.1 Å². The van der Waals surface area contributed by atoms with Crippen LogP contribution in [0.15, 0.2) is 0 Å². The highest BCUT2D eigenvalue weighted by atomic mass is 16.4. The topological polar surface area (TPSA) is 113 Å². The zero-order valence-electron chi connectivity index (χ0n) is 10.8. The van der Waals surface area contributed by atoms with E-state index in [4.69, 9.17) is 10.8 Å². The van der Waals surface area contributed by atoms with Crippen LogP contribution in [0.1, 0.15) is 27.2 Å². The molecule has 102 valence electrons. The summed E-state index contributed by atoms with van der Waals surface area (Å²) in [6.45, 7) is 5.08. The molecular weight excluding hydrogens is 238 g/mol. The summed E-state index contributed by atoms with van der Waals surface area (Å²) in [4.78, 5) is 35.4. The van der Waals surface area contributed by atoms with E-state index in [0.717, 1.165) is 0 Å². The largest absolute Gasteiger partial charge is 0.481 e. The minimum absolute atomic E-state index is 0.128. The molecule has 0 spiro atoms. The van der Waals surface area contributed by atoms with Gasteiger partial charge in [-0.25, -0.2) is 4.79 Å². The van der Waals surface area contributed by atoms with Gasteiger partial charge in [-0.3, -0.25) is 9.59 Å². The molecule has 1 saturated heterocycles. The van der Waals surface area contributed by atoms with Crippen molar-refractivity contribution in [2.75, 3.05) is 13.1 Å². The molecule has 0 saturated carbocycles. The predicted octanol–water partition coefficient (Wildman–Crippen LogP) is -0.243. The van der Waals surface area contributed by atoms with Crippen LogP contribution in [-0.2, 0) is 9.59 Å². The number of carbonyl (C=O) groups is 3. The molecule has 1 heterocycles. The Labute approximate surface area is 105 Å². The Morgan fingerprint density at radius 3 is 2.33 bits per heavy atom. The number of nitrogens with zero attached hydrogens (tertiary/aromatic N) is 1. The second kappa shape index (κ2) is 4.47. The van der Waals surface area contributed by atoms with Crippen LogP contribution in [0.5, 0.6) is 0 Å². The highest BCUT2D eigenvalue weighted by Gasteiger charge is 2.43. The van der Waals surface area contributed by atoms with Crippen LogP contribution in [0.2, 0.25) is 0 Å². The number of aliphatic carboxylic acids is 1. The number of carbonyl (C=O) groups excluding carboxylic acids is 2. The lowest BCUT2D eigenvalue weighted by Gasteiger charge is -2.27. The zero-order chi connectivity index (χ0) is 14.1. The predicted molar refractivity (Wildman–Crippen MR) is 63.7 cm³/mol. The standard InChI is InChI=1S/C11H19N3O4/c1-10(2,7(12)15)13-9(18)14-5-4-11(3,6-14)8(16)17/h4-6H2,1-3H3,(H2,12,15)(H,13,18)(H,16,17). The molecule has 7 heteroatoms. The van der Waals surface area contributed by atoms with E-state index < -0.39 is 28.9 Å². The molecule has 1 aliphatic heterocycles. The van der Waals surface area contributed by atoms with Crippen LogP contribution in [0.4, 0.5) is 4.79 Å². The molecule has 0 aromatic carbocycles. The molecular formula is C11H19N3O4. The Kier molecular flexibility index (Phi) is 3.54. The summed E-state index contributed by atoms with van der Waals surface area (Å²) in [5.41, 5.74) is 3.08. The summed E-state index contributed by atoms with van der Waals surface area (Å²) in [5.74, 6) is -1.57. The Morgan fingerprint density at radius 1 is 1.39 bits per heavy atom. The number of nitrogens with two attached hydrogens (primary N) is 1. The Morgan fingerprint density at radius 2 is 1.94 bits per heavy atom. The van der Waals surface area contributed by atoms with Gasteiger partial charge in [0.1, 0.15) is 5.54 Å². The van der Waals surface area contributed by atoms with Crippen molar-refractivity contribution in [1.82, 2.24) is 10.2 Å². The summed E-state index contributed by atoms with van der Waals surface area (Å²) in [5, 5.41) is 11.6. The van der Waals surface area contributed by atoms with Gasteiger partial charge in [-0.15, -0.1) is 0 Å². The fourth-order valence-electron chi connectivity index (χ4n) is 1.72. The second-order valence-electron chi connectivity index (χ2n) is 5.46. The fraction of sp³-hybridized carbons (Fsp3) is 0.727. The van der Waals surface area contributed by atoms with Crippen LogP contribution < -0.4 is 11.1 Å². The normalized spacial score (nSPS) is 23.8. The molecule has 0 aromatic rings. The number of carboxylic acid groups (broad SMARTS) is 1. The summed E-state index contributed by atoms with van der Waals surface area (Å²) in [6, 6.07) is -0.469. The average molecular weight is 257 g/mol. The molecule has 3 amide bonds. The Bertz CT molecular complexity index is 394. The maximum absolute atomic E-state index is 11.9. The Hall–Kier alpha value is -1.79. The summed E-state index contributed by atoms with van der Waals surface area (Å²) in [6.07, 6.45) is 0.396. The molecule has 0 aliphatic carbocycles. The maximum atomic E-state index is 11.9. The van der Waals surface area contributed by atoms with Crippen molar-refractivity contribution < 1.29 is 19.5 Å². The smallest absolute Gasteiger partial charge is 0.318 e. The SMILES string of the molecule is CC1(C(=O)O)CCN(C(=O)NC(C)(C)C(N)=O)C1. The van der Waals surface area contributed by atoms with E-state index >= 15 is 0 Å². The minimum Gasteiger partial charge on any atom is -0.481 e. The third kappa shape index (κ3) is 2.72. The van der Waals surface area contributed by atoms with E-state index in [1.54, 1.807) is 6.92 Å². The first kappa shape index (κ1) is 14.3. The van der Waals surface area contributed by atoms with Crippen molar-refractivity contribution in [2.24, 2.45) is 11.1 Å². The van der Waals surface area contributed by atoms with Gasteiger partial charge in [0.15, 0.2) is 0 Å². The van der Waals surface area contributed by atoms with Crippen molar-refractivity contribution in [2.45, 2.75) is 32.7 Å². The van der Waals surface area contributed by atoms with Crippen LogP contribution >= 0.6 is 0 Å². The third-order valence-corrected chi connectivity index (χ3v) is 3.31. The van der Waals surface area contributed by atoms with Crippen molar-refractivity contribution >= 4 is 17.9 Å². The second-order valence-corrected chi connectivity index (χ2v) is 5.46. The van der Waals surface area contributed by atoms with Crippen molar-refractivity contribution in [3.63, 3.8) is 0 Å². The lowest BCUT2D eigenvalue weighted by molar-refractivity contribution is -0.147. The van der Waals surface area contributed by atoms with E-state index in [0.29, 0.717) is 13.0 Å². The highest BCUT2D eigenvalue weighted by molar-refractivity contribution is 5.89. The van der Waals surface area contributed by atoms with E-state index in [2.05, 4.69) is 5.32 Å². The minimum atomic E-state index is -1.15. The number of hydrogen-bond donors (Lipinski definition) is 3. The number of carboxylic acids is 1. The maximum Gasteiger partial charge on any atom is 0.318 e. The lowest BCUT2D eigenvalue weighted by atomic mass is 9.90. The van der Waals surface area contributed by atoms with Crippen molar-refractivity contribution in [3.05, 3.63) is 0 Å². The van der Waals surface area contributed by atoms with Gasteiger partial charge >= 0.3 is 12.0 Å². The quantitative estimate of drug-likeness (QED) is 0.647. The lowest BCUT2D eigenvalue weighted by Crippen LogP contribution is -2.56. The molecule has 7 nitrogen and oxygen atoms in total. The van der Waals surface area contributed by atoms with Crippen LogP contribution in [0.3, 0.4) is 0 Å². The molecule has 0 aromatic heterocycles. The van der Waals surface area contributed by atoms with Gasteiger partial charge in [-0.05, 0) is 27.2 Å². The number of urea groups is 1. The molecule has 1 fully saturated rings. The molecule has 18 heavy (non-hydrogen) atoms. The van der Waals surface area contributed by atoms with Gasteiger partial charge in [-0.2, -0.15) is 0 Å². The number of nitrogens with one attached hydrogen (secondary N) is 1. The molecule has 4 N–H and O–H groups in total. The van der Waals surface area contributed by atoms with E-state index in [9.17, 15) is 14.4 Å². The molecule has 0 bridgehead atoms. The summed E-state index contributed by atoms with van der Waals surface area (Å²) in [7, 11) is 0. The van der Waals surface area contributed by atoms with Crippen LogP contribution in [-0.4, -0.2) is 46.5 Å². The zero-order valence-corrected chi connectivity index (χ0v) is 10.8. The first-order valence-electron chi connectivity index (χ1n) is 5.69. The van der Waals surface area contributed by atoms with E-state index in [-0.39, 0.29) is 6.54 Å². The van der Waals surface area contributed by atoms with Gasteiger partial charge in [-0.1, -0.05) is 0 Å². The number of amides is 3. The number of hydrogen-bond acceptors (Lipinski definition) is 3. The van der Waals surface area contributed by atoms with Gasteiger partial charge in [0.2, 0.25) is 5.91 Å². The molecule has 1 aliphatic rings. The van der Waals surface area contributed by atoms with Crippen LogP contribution in [0, 0.1) is 5.41 Å². The van der Waals surface area contributed by atoms with Gasteiger partial charge in [0.05, 0.1) is 5.41 Å². The number of likely N-dealkylation sites (tertiary alicyclic amines) is 1. The first-order chi connectivity index (χ1) is 8.08. The number of primary amides is 1. The molecule has 0 radical (unpaired) electrons. The van der Waals surface area contributed by atoms with E-state index in [1.807, 2.05) is 0 Å². The monoisotopic (exact) mass is 257 g/mol. The van der Waals surface area contributed by atoms with Gasteiger partial charge in [0, 0.05) is 13.1 Å². The molecule has 1 rings (SSSR count). The molecule has 1 atom stereocenters. The Balaban J connectivity index is 2.67. The summed E-state index contributed by atoms with van der Waals surface area (Å²) < 4.78 is 0. The fourth-order valence-corrected chi connectivity index (χ4v) is 1.72. The first-order valence-corrected chi connectivity index (χ1v) is 5.69. The molecule has 1 unspecified atom stereocenters. The van der Waals surface area contributed by atoms with E-state index in [1.165, 1.54) is 18.7 Å². The average Bonchev–Trinajstić information content (AvgIpc) is 2.61. The van der Waals surface area contributed by atoms with Crippen molar-refractivity contribution in [3.8, 4) is 0 Å². The van der Waals surface area contributed by atoms with Crippen LogP contribution in [0.25, 0.3) is 0 Å². The highest BCUT2D eigenvalue weighted by Crippen LogP contribution is 2.30. The number of rotatable bonds is 3. The van der Waals surface area contributed by atoms with Gasteiger partial charge in [0.25, 0.3) is 0 Å². The van der Waals surface area contributed by atoms with Crippen molar-refractivity contribution in [1.29, 1.82) is 0 Å². The third-order valence-electron chi connectivity index (χ3n) is 3.31.